The normalized spacial score (nSPS) is 21.0. The first-order chi connectivity index (χ1) is 26.0. The Morgan fingerprint density at radius 1 is 0.611 bits per heavy atom. The maximum absolute atomic E-state index is 12.8. The molecule has 0 aromatic carbocycles. The lowest BCUT2D eigenvalue weighted by atomic mass is 10.00. The molecule has 1 rings (SSSR count). The molecule has 2 unspecified atom stereocenters. The molecule has 0 radical (unpaired) electrons. The first-order valence-corrected chi connectivity index (χ1v) is 22.9. The van der Waals surface area contributed by atoms with Crippen LogP contribution >= 0.6 is 0 Å². The zero-order valence-corrected chi connectivity index (χ0v) is 34.4. The van der Waals surface area contributed by atoms with E-state index in [0.29, 0.717) is 12.8 Å². The minimum absolute atomic E-state index is 0.168. The van der Waals surface area contributed by atoms with Crippen molar-refractivity contribution in [2.75, 3.05) is 19.0 Å². The monoisotopic (exact) mass is 793 g/mol. The van der Waals surface area contributed by atoms with Gasteiger partial charge in [-0.05, 0) is 38.5 Å². The van der Waals surface area contributed by atoms with Gasteiger partial charge in [0, 0.05) is 12.8 Å². The molecule has 1 saturated heterocycles. The second kappa shape index (κ2) is 32.5. The molecule has 0 amide bonds. The second-order valence-corrected chi connectivity index (χ2v) is 16.5. The van der Waals surface area contributed by atoms with Crippen LogP contribution in [0.2, 0.25) is 0 Å². The summed E-state index contributed by atoms with van der Waals surface area (Å²) < 4.78 is 53.9. The Balaban J connectivity index is 2.48. The highest BCUT2D eigenvalue weighted by atomic mass is 32.2. The van der Waals surface area contributed by atoms with Gasteiger partial charge in [-0.25, -0.2) is 0 Å². The first kappa shape index (κ1) is 50.4. The molecule has 1 aliphatic heterocycles. The van der Waals surface area contributed by atoms with Crippen molar-refractivity contribution in [3.63, 3.8) is 0 Å². The lowest BCUT2D eigenvalue weighted by Crippen LogP contribution is -2.60. The van der Waals surface area contributed by atoms with Crippen LogP contribution in [0.4, 0.5) is 0 Å². The molecule has 0 saturated carbocycles. The van der Waals surface area contributed by atoms with Crippen LogP contribution < -0.4 is 0 Å². The van der Waals surface area contributed by atoms with Gasteiger partial charge in [-0.2, -0.15) is 8.42 Å². The smallest absolute Gasteiger partial charge is 0.306 e. The van der Waals surface area contributed by atoms with Gasteiger partial charge in [0.2, 0.25) is 0 Å². The Bertz CT molecular complexity index is 1070. The Morgan fingerprint density at radius 3 is 1.56 bits per heavy atom. The Labute approximate surface area is 326 Å². The zero-order chi connectivity index (χ0) is 39.9. The molecule has 1 aliphatic rings. The summed E-state index contributed by atoms with van der Waals surface area (Å²) in [5.74, 6) is -1.98. The van der Waals surface area contributed by atoms with Crippen molar-refractivity contribution < 1.29 is 56.8 Å². The molecule has 0 bridgehead atoms. The average Bonchev–Trinajstić information content (AvgIpc) is 3.13. The van der Waals surface area contributed by atoms with E-state index in [2.05, 4.69) is 26.0 Å². The average molecular weight is 793 g/mol. The maximum Gasteiger partial charge on any atom is 0.306 e. The fraction of sp³-hybridized carbons (Fsp3) is 0.902. The van der Waals surface area contributed by atoms with Crippen LogP contribution in [0, 0.1) is 0 Å². The maximum atomic E-state index is 12.8. The number of rotatable bonds is 35. The predicted molar refractivity (Wildman–Crippen MR) is 210 cm³/mol. The molecule has 1 heterocycles. The van der Waals surface area contributed by atoms with E-state index in [9.17, 15) is 37.9 Å². The summed E-state index contributed by atoms with van der Waals surface area (Å²) in [6.45, 7) is 3.73. The lowest BCUT2D eigenvalue weighted by molar-refractivity contribution is -0.297. The van der Waals surface area contributed by atoms with Crippen LogP contribution in [-0.4, -0.2) is 96.0 Å². The zero-order valence-electron chi connectivity index (χ0n) is 33.6. The highest BCUT2D eigenvalue weighted by molar-refractivity contribution is 7.85. The number of ether oxygens (including phenoxy) is 4. The number of carbonyl (C=O) groups is 2. The lowest BCUT2D eigenvalue weighted by Gasteiger charge is -2.40. The molecule has 0 spiro atoms. The molecule has 0 aromatic heterocycles. The number of hydrogen-bond acceptors (Lipinski definition) is 11. The number of unbranched alkanes of at least 4 members (excludes halogenated alkanes) is 21. The number of hydrogen-bond donors (Lipinski definition) is 4. The van der Waals surface area contributed by atoms with Crippen molar-refractivity contribution in [3.8, 4) is 0 Å². The Kier molecular flexibility index (Phi) is 30.3. The minimum Gasteiger partial charge on any atom is -0.462 e. The molecule has 13 heteroatoms. The summed E-state index contributed by atoms with van der Waals surface area (Å²) in [6, 6.07) is 0. The van der Waals surface area contributed by atoms with Crippen molar-refractivity contribution in [2.24, 2.45) is 0 Å². The van der Waals surface area contributed by atoms with Crippen LogP contribution in [0.25, 0.3) is 0 Å². The first-order valence-electron chi connectivity index (χ1n) is 21.2. The third-order valence-corrected chi connectivity index (χ3v) is 10.6. The topological polar surface area (TPSA) is 186 Å². The summed E-state index contributed by atoms with van der Waals surface area (Å²) in [6.07, 6.45) is 22.6. The van der Waals surface area contributed by atoms with Gasteiger partial charge in [-0.3, -0.25) is 14.1 Å². The highest BCUT2D eigenvalue weighted by Crippen LogP contribution is 2.24. The van der Waals surface area contributed by atoms with Gasteiger partial charge in [0.1, 0.15) is 36.8 Å². The highest BCUT2D eigenvalue weighted by Gasteiger charge is 2.46. The van der Waals surface area contributed by atoms with Crippen LogP contribution in [0.1, 0.15) is 181 Å². The van der Waals surface area contributed by atoms with Crippen molar-refractivity contribution >= 4 is 22.1 Å². The quantitative estimate of drug-likeness (QED) is 0.0211. The fourth-order valence-electron chi connectivity index (χ4n) is 6.49. The Morgan fingerprint density at radius 2 is 1.06 bits per heavy atom. The third-order valence-electron chi connectivity index (χ3n) is 9.85. The fourth-order valence-corrected chi connectivity index (χ4v) is 7.19. The second-order valence-electron chi connectivity index (χ2n) is 15.0. The van der Waals surface area contributed by atoms with E-state index >= 15 is 0 Å². The molecular formula is C41H76O12S. The number of aliphatic hydroxyl groups is 3. The third kappa shape index (κ3) is 27.1. The van der Waals surface area contributed by atoms with Gasteiger partial charge >= 0.3 is 11.9 Å². The van der Waals surface area contributed by atoms with E-state index in [4.69, 9.17) is 18.9 Å². The summed E-state index contributed by atoms with van der Waals surface area (Å²) in [7, 11) is -4.60. The number of aliphatic hydroxyl groups excluding tert-OH is 3. The molecule has 6 atom stereocenters. The van der Waals surface area contributed by atoms with Crippen molar-refractivity contribution in [3.05, 3.63) is 12.2 Å². The van der Waals surface area contributed by atoms with E-state index < -0.39 is 71.2 Å². The number of esters is 2. The van der Waals surface area contributed by atoms with E-state index in [0.717, 1.165) is 57.8 Å². The van der Waals surface area contributed by atoms with Crippen LogP contribution in [-0.2, 0) is 38.7 Å². The molecule has 12 nitrogen and oxygen atoms in total. The van der Waals surface area contributed by atoms with Crippen LogP contribution in [0.5, 0.6) is 0 Å². The molecule has 1 fully saturated rings. The van der Waals surface area contributed by atoms with E-state index in [-0.39, 0.29) is 19.4 Å². The van der Waals surface area contributed by atoms with E-state index in [1.54, 1.807) is 0 Å². The minimum atomic E-state index is -4.60. The molecule has 0 aromatic rings. The summed E-state index contributed by atoms with van der Waals surface area (Å²) >= 11 is 0. The standard InChI is InChI=1S/C41H76O12S/c1-3-5-7-9-11-13-15-17-19-21-23-25-27-29-36(42)50-31-34(32-51-41-40(46)39(45)38(44)35(53-41)33-54(47,48)49)52-37(43)30-28-26-24-22-20-18-16-14-12-10-8-6-4-2/h13,15,34-35,38-41,44-46H,3-12,14,16-33H2,1-2H3,(H,47,48,49)/b15-13+/t34-,35+,38+,39?,40?,41-/m1/s1. The molecule has 4 N–H and O–H groups in total. The SMILES string of the molecule is CCCCCC/C=C/CCCCCCCC(=O)OC[C@H](CO[C@@H]1O[C@@H](CS(=O)(=O)O)[C@H](O)C(O)C1O)OC(=O)CCCCCCCCCCCCCCC. The van der Waals surface area contributed by atoms with Crippen LogP contribution in [0.15, 0.2) is 12.2 Å². The number of allylic oxidation sites excluding steroid dienone is 2. The van der Waals surface area contributed by atoms with E-state index in [1.807, 2.05) is 0 Å². The van der Waals surface area contributed by atoms with Gasteiger partial charge in [0.25, 0.3) is 10.1 Å². The summed E-state index contributed by atoms with van der Waals surface area (Å²) in [4.78, 5) is 25.3. The van der Waals surface area contributed by atoms with Crippen molar-refractivity contribution in [2.45, 2.75) is 218 Å². The molecule has 318 valence electrons. The van der Waals surface area contributed by atoms with Gasteiger partial charge in [-0.15, -0.1) is 0 Å². The van der Waals surface area contributed by atoms with Gasteiger partial charge in [0.05, 0.1) is 6.61 Å². The van der Waals surface area contributed by atoms with Crippen molar-refractivity contribution in [1.29, 1.82) is 0 Å². The molecule has 0 aliphatic carbocycles. The molecule has 54 heavy (non-hydrogen) atoms. The largest absolute Gasteiger partial charge is 0.462 e. The van der Waals surface area contributed by atoms with Crippen LogP contribution in [0.3, 0.4) is 0 Å². The summed E-state index contributed by atoms with van der Waals surface area (Å²) in [5, 5.41) is 30.8. The van der Waals surface area contributed by atoms with E-state index in [1.165, 1.54) is 83.5 Å². The Hall–Kier alpha value is -1.61. The number of carbonyl (C=O) groups excluding carboxylic acids is 2. The summed E-state index contributed by atoms with van der Waals surface area (Å²) in [5.41, 5.74) is 0. The van der Waals surface area contributed by atoms with Crippen molar-refractivity contribution in [1.82, 2.24) is 0 Å². The molecular weight excluding hydrogens is 717 g/mol. The van der Waals surface area contributed by atoms with Gasteiger partial charge in [0.15, 0.2) is 12.4 Å². The van der Waals surface area contributed by atoms with Gasteiger partial charge < -0.3 is 34.3 Å². The van der Waals surface area contributed by atoms with Gasteiger partial charge in [-0.1, -0.05) is 142 Å². The predicted octanol–water partition coefficient (Wildman–Crippen LogP) is 7.89.